The Morgan fingerprint density at radius 2 is 2.12 bits per heavy atom. The molecule has 0 aromatic heterocycles. The molecule has 8 heavy (non-hydrogen) atoms. The highest BCUT2D eigenvalue weighted by atomic mass is 19.3. The number of hydrogen-bond donors (Lipinski definition) is 0. The van der Waals surface area contributed by atoms with E-state index in [4.69, 9.17) is 0 Å². The molecule has 0 amide bonds. The third kappa shape index (κ3) is 2.85. The average molecular weight is 127 g/mol. The first kappa shape index (κ1) is 7.75. The Morgan fingerprint density at radius 1 is 1.62 bits per heavy atom. The summed E-state index contributed by atoms with van der Waals surface area (Å²) in [6, 6.07) is 0. The van der Waals surface area contributed by atoms with Crippen molar-refractivity contribution in [2.24, 2.45) is 0 Å². The van der Waals surface area contributed by atoms with Crippen molar-refractivity contribution in [3.05, 3.63) is 6.67 Å². The highest BCUT2D eigenvalue weighted by molar-refractivity contribution is 4.60. The minimum Gasteiger partial charge on any atom is -0.318 e. The lowest BCUT2D eigenvalue weighted by Gasteiger charge is -2.08. The summed E-state index contributed by atoms with van der Waals surface area (Å²) in [5, 5.41) is 0. The zero-order valence-electron chi connectivity index (χ0n) is 4.33. The number of halogens is 3. The molecule has 0 aliphatic carbocycles. The predicted molar refractivity (Wildman–Crippen MR) is 22.0 cm³/mol. The Balaban J connectivity index is 3.37. The lowest BCUT2D eigenvalue weighted by Crippen LogP contribution is -2.18. The van der Waals surface area contributed by atoms with Gasteiger partial charge in [0, 0.05) is 0 Å². The molecule has 0 saturated carbocycles. The smallest absolute Gasteiger partial charge is 0.318 e. The largest absolute Gasteiger partial charge is 0.390 e. The molecule has 1 nitrogen and oxygen atoms in total. The molecule has 0 spiro atoms. The Kier molecular flexibility index (Phi) is 2.82. The van der Waals surface area contributed by atoms with Gasteiger partial charge in [-0.05, 0) is 6.92 Å². The zero-order valence-corrected chi connectivity index (χ0v) is 4.33. The molecule has 4 heteroatoms. The van der Waals surface area contributed by atoms with E-state index >= 15 is 0 Å². The molecule has 0 N–H and O–H groups in total. The van der Waals surface area contributed by atoms with E-state index in [9.17, 15) is 13.2 Å². The molecule has 0 atom stereocenters. The monoisotopic (exact) mass is 127 g/mol. The second-order valence-electron chi connectivity index (χ2n) is 1.10. The molecule has 0 heterocycles. The van der Waals surface area contributed by atoms with Gasteiger partial charge >= 0.3 is 6.11 Å². The van der Waals surface area contributed by atoms with E-state index in [0.29, 0.717) is 0 Å². The second-order valence-corrected chi connectivity index (χ2v) is 1.10. The number of rotatable bonds is 3. The fourth-order valence-corrected chi connectivity index (χ4v) is 0.224. The summed E-state index contributed by atoms with van der Waals surface area (Å²) < 4.78 is 37.6. The fraction of sp³-hybridized carbons (Fsp3) is 0.750. The van der Waals surface area contributed by atoms with Gasteiger partial charge in [0.1, 0.15) is 0 Å². The quantitative estimate of drug-likeness (QED) is 0.561. The summed E-state index contributed by atoms with van der Waals surface area (Å²) >= 11 is 0. The minimum atomic E-state index is -3.70. The van der Waals surface area contributed by atoms with E-state index < -0.39 is 12.8 Å². The first-order valence-corrected chi connectivity index (χ1v) is 2.08. The molecule has 0 aliphatic heterocycles. The molecule has 0 aromatic rings. The Labute approximate surface area is 45.4 Å². The van der Waals surface area contributed by atoms with Crippen molar-refractivity contribution in [1.29, 1.82) is 0 Å². The van der Waals surface area contributed by atoms with Crippen LogP contribution in [0.2, 0.25) is 0 Å². The van der Waals surface area contributed by atoms with Crippen LogP contribution >= 0.6 is 0 Å². The van der Waals surface area contributed by atoms with E-state index in [1.807, 2.05) is 0 Å². The van der Waals surface area contributed by atoms with Crippen LogP contribution in [0.3, 0.4) is 0 Å². The van der Waals surface area contributed by atoms with Crippen LogP contribution in [-0.2, 0) is 4.74 Å². The van der Waals surface area contributed by atoms with Crippen molar-refractivity contribution < 1.29 is 17.9 Å². The summed E-state index contributed by atoms with van der Waals surface area (Å²) in [6.45, 7) is 0.376. The van der Waals surface area contributed by atoms with Crippen molar-refractivity contribution >= 4 is 0 Å². The molecular formula is C4H6F3O. The predicted octanol–water partition coefficient (Wildman–Crippen LogP) is 1.75. The highest BCUT2D eigenvalue weighted by Gasteiger charge is 2.29. The summed E-state index contributed by atoms with van der Waals surface area (Å²) in [5.41, 5.74) is 0. The molecule has 0 rings (SSSR count). The van der Waals surface area contributed by atoms with Gasteiger partial charge in [-0.25, -0.2) is 4.39 Å². The summed E-state index contributed by atoms with van der Waals surface area (Å²) in [4.78, 5) is 0. The van der Waals surface area contributed by atoms with Crippen LogP contribution in [-0.4, -0.2) is 12.7 Å². The molecular weight excluding hydrogens is 121 g/mol. The molecule has 0 unspecified atom stereocenters. The molecule has 0 aromatic carbocycles. The molecule has 0 fully saturated rings. The maximum absolute atomic E-state index is 11.5. The van der Waals surface area contributed by atoms with Crippen LogP contribution in [0.1, 0.15) is 6.92 Å². The van der Waals surface area contributed by atoms with Crippen LogP contribution in [0.5, 0.6) is 0 Å². The zero-order chi connectivity index (χ0) is 6.62. The summed E-state index contributed by atoms with van der Waals surface area (Å²) in [5.74, 6) is 0. The van der Waals surface area contributed by atoms with Crippen LogP contribution in [0, 0.1) is 6.67 Å². The molecule has 0 saturated heterocycles. The van der Waals surface area contributed by atoms with Gasteiger partial charge in [0.05, 0.1) is 6.61 Å². The van der Waals surface area contributed by atoms with Crippen LogP contribution in [0.25, 0.3) is 0 Å². The van der Waals surface area contributed by atoms with Crippen LogP contribution in [0.15, 0.2) is 0 Å². The minimum absolute atomic E-state index is 0.201. The van der Waals surface area contributed by atoms with Crippen LogP contribution < -0.4 is 0 Å². The average Bonchev–Trinajstić information content (AvgIpc) is 1.67. The van der Waals surface area contributed by atoms with Crippen molar-refractivity contribution in [2.75, 3.05) is 6.61 Å². The Hall–Kier alpha value is -0.250. The Bertz CT molecular complexity index is 64.3. The SMILES string of the molecule is CCOC(F)(F)[CH]F. The van der Waals surface area contributed by atoms with Gasteiger partial charge < -0.3 is 4.74 Å². The van der Waals surface area contributed by atoms with Crippen molar-refractivity contribution in [3.8, 4) is 0 Å². The fourth-order valence-electron chi connectivity index (χ4n) is 0.224. The van der Waals surface area contributed by atoms with E-state index in [1.165, 1.54) is 6.92 Å². The summed E-state index contributed by atoms with van der Waals surface area (Å²) in [6.07, 6.45) is -3.70. The first-order valence-electron chi connectivity index (χ1n) is 2.08. The highest BCUT2D eigenvalue weighted by Crippen LogP contribution is 2.18. The third-order valence-corrected chi connectivity index (χ3v) is 0.464. The lowest BCUT2D eigenvalue weighted by atomic mass is 10.7. The third-order valence-electron chi connectivity index (χ3n) is 0.464. The van der Waals surface area contributed by atoms with Gasteiger partial charge in [0.25, 0.3) is 0 Å². The number of hydrogen-bond acceptors (Lipinski definition) is 1. The lowest BCUT2D eigenvalue weighted by molar-refractivity contribution is -0.221. The number of ether oxygens (including phenoxy) is 1. The van der Waals surface area contributed by atoms with Gasteiger partial charge in [-0.15, -0.1) is 0 Å². The van der Waals surface area contributed by atoms with Gasteiger partial charge in [0.15, 0.2) is 0 Å². The number of alkyl halides is 2. The van der Waals surface area contributed by atoms with Gasteiger partial charge in [0.2, 0.25) is 6.67 Å². The maximum Gasteiger partial charge on any atom is 0.390 e. The van der Waals surface area contributed by atoms with Crippen molar-refractivity contribution in [3.63, 3.8) is 0 Å². The van der Waals surface area contributed by atoms with E-state index in [0.717, 1.165) is 0 Å². The Morgan fingerprint density at radius 3 is 2.25 bits per heavy atom. The molecule has 49 valence electrons. The maximum atomic E-state index is 11.5. The van der Waals surface area contributed by atoms with Crippen LogP contribution in [0.4, 0.5) is 13.2 Å². The van der Waals surface area contributed by atoms with E-state index in [1.54, 1.807) is 0 Å². The summed E-state index contributed by atoms with van der Waals surface area (Å²) in [7, 11) is 0. The second kappa shape index (κ2) is 2.91. The molecule has 1 radical (unpaired) electrons. The normalized spacial score (nSPS) is 12.0. The van der Waals surface area contributed by atoms with Crippen molar-refractivity contribution in [2.45, 2.75) is 13.0 Å². The van der Waals surface area contributed by atoms with Gasteiger partial charge in [-0.3, -0.25) is 0 Å². The molecule has 0 aliphatic rings. The molecule has 0 bridgehead atoms. The topological polar surface area (TPSA) is 9.23 Å². The standard InChI is InChI=1S/C4H6F3O/c1-2-8-4(6,7)3-5/h3H,2H2,1H3. The van der Waals surface area contributed by atoms with E-state index in [2.05, 4.69) is 4.74 Å². The first-order chi connectivity index (χ1) is 3.62. The van der Waals surface area contributed by atoms with Crippen molar-refractivity contribution in [1.82, 2.24) is 0 Å². The van der Waals surface area contributed by atoms with Gasteiger partial charge in [-0.1, -0.05) is 0 Å². The van der Waals surface area contributed by atoms with E-state index in [-0.39, 0.29) is 6.61 Å². The van der Waals surface area contributed by atoms with Gasteiger partial charge in [-0.2, -0.15) is 8.78 Å².